The van der Waals surface area contributed by atoms with Crippen LogP contribution in [0.4, 0.5) is 10.1 Å². The summed E-state index contributed by atoms with van der Waals surface area (Å²) < 4.78 is 28.1. The number of hydrogen-bond acceptors (Lipinski definition) is 6. The highest BCUT2D eigenvalue weighted by molar-refractivity contribution is 6.04. The molecule has 0 unspecified atom stereocenters. The molecule has 57 heavy (non-hydrogen) atoms. The molecule has 0 aromatic heterocycles. The maximum absolute atomic E-state index is 16.2. The lowest BCUT2D eigenvalue weighted by Crippen LogP contribution is -2.54. The SMILES string of the molecule is CCN(C(=O)c1cc2c(cc1F)OC(C)(C)C(=O)N2CCN(Cc1ccccc1)Cc1ccccc1)[C@H]1CCCC[C@@H]1c1cccc(OC(=O)c2ccccc2)c1. The van der Waals surface area contributed by atoms with E-state index in [2.05, 4.69) is 29.2 Å². The molecule has 1 saturated carbocycles. The summed E-state index contributed by atoms with van der Waals surface area (Å²) in [5.41, 5.74) is 2.77. The van der Waals surface area contributed by atoms with Crippen LogP contribution in [0.2, 0.25) is 0 Å². The van der Waals surface area contributed by atoms with Gasteiger partial charge >= 0.3 is 5.97 Å². The standard InChI is InChI=1S/C48H50FN3O5/c1-4-51(42-26-15-14-25-39(42)37-23-16-24-38(29-37)56-46(54)36-21-12-7-13-22-36)45(53)40-30-43-44(31-41(40)49)57-48(2,3)47(55)52(43)28-27-50(32-34-17-8-5-9-18-34)33-35-19-10-6-11-20-35/h5-13,16-24,29-31,39,42H,4,14-15,25-28,32-33H2,1-3H3/t39-,42+/m1/s1. The van der Waals surface area contributed by atoms with Gasteiger partial charge in [0.05, 0.1) is 16.8 Å². The maximum atomic E-state index is 16.2. The Bertz CT molecular complexity index is 2140. The van der Waals surface area contributed by atoms with Crippen molar-refractivity contribution in [1.82, 2.24) is 9.80 Å². The maximum Gasteiger partial charge on any atom is 0.343 e. The van der Waals surface area contributed by atoms with Gasteiger partial charge in [0.1, 0.15) is 17.3 Å². The molecule has 2 atom stereocenters. The monoisotopic (exact) mass is 767 g/mol. The largest absolute Gasteiger partial charge is 0.476 e. The fraction of sp³-hybridized carbons (Fsp3) is 0.312. The van der Waals surface area contributed by atoms with Crippen molar-refractivity contribution in [1.29, 1.82) is 0 Å². The Morgan fingerprint density at radius 3 is 2.11 bits per heavy atom. The van der Waals surface area contributed by atoms with Gasteiger partial charge in [-0.3, -0.25) is 14.5 Å². The highest BCUT2D eigenvalue weighted by atomic mass is 19.1. The number of amides is 2. The summed E-state index contributed by atoms with van der Waals surface area (Å²) in [6.45, 7) is 7.82. The van der Waals surface area contributed by atoms with Gasteiger partial charge in [-0.1, -0.05) is 104 Å². The molecule has 7 rings (SSSR count). The Labute approximate surface area is 334 Å². The van der Waals surface area contributed by atoms with Gasteiger partial charge in [0, 0.05) is 50.7 Å². The fourth-order valence-corrected chi connectivity index (χ4v) is 8.22. The van der Waals surface area contributed by atoms with E-state index in [0.29, 0.717) is 49.7 Å². The molecule has 9 heteroatoms. The number of hydrogen-bond donors (Lipinski definition) is 0. The highest BCUT2D eigenvalue weighted by Gasteiger charge is 2.42. The third-order valence-electron chi connectivity index (χ3n) is 11.1. The first-order valence-corrected chi connectivity index (χ1v) is 19.9. The third kappa shape index (κ3) is 9.10. The summed E-state index contributed by atoms with van der Waals surface area (Å²) in [6.07, 6.45) is 3.47. The fourth-order valence-electron chi connectivity index (χ4n) is 8.22. The zero-order chi connectivity index (χ0) is 39.9. The Morgan fingerprint density at radius 2 is 1.46 bits per heavy atom. The quantitative estimate of drug-likeness (QED) is 0.0878. The number of likely N-dealkylation sites (N-methyl/N-ethyl adjacent to an activating group) is 1. The normalized spacial score (nSPS) is 17.4. The number of halogens is 1. The van der Waals surface area contributed by atoms with Crippen molar-refractivity contribution in [2.45, 2.75) is 77.1 Å². The van der Waals surface area contributed by atoms with Gasteiger partial charge in [-0.05, 0) is 80.6 Å². The molecule has 1 heterocycles. The Morgan fingerprint density at radius 1 is 0.825 bits per heavy atom. The smallest absolute Gasteiger partial charge is 0.343 e. The molecular weight excluding hydrogens is 718 g/mol. The van der Waals surface area contributed by atoms with Crippen LogP contribution in [0.3, 0.4) is 0 Å². The van der Waals surface area contributed by atoms with Crippen molar-refractivity contribution >= 4 is 23.5 Å². The molecule has 0 spiro atoms. The average molecular weight is 768 g/mol. The van der Waals surface area contributed by atoms with Crippen molar-refractivity contribution in [2.24, 2.45) is 0 Å². The Kier molecular flexibility index (Phi) is 12.1. The van der Waals surface area contributed by atoms with Gasteiger partial charge in [0.2, 0.25) is 0 Å². The van der Waals surface area contributed by atoms with E-state index in [-0.39, 0.29) is 29.2 Å². The summed E-state index contributed by atoms with van der Waals surface area (Å²) in [5, 5.41) is 0. The summed E-state index contributed by atoms with van der Waals surface area (Å²) in [4.78, 5) is 47.2. The molecule has 2 amide bonds. The van der Waals surface area contributed by atoms with E-state index in [4.69, 9.17) is 9.47 Å². The number of esters is 1. The zero-order valence-corrected chi connectivity index (χ0v) is 32.9. The number of carbonyl (C=O) groups excluding carboxylic acids is 3. The van der Waals surface area contributed by atoms with Crippen molar-refractivity contribution < 1.29 is 28.2 Å². The second kappa shape index (κ2) is 17.6. The second-order valence-electron chi connectivity index (χ2n) is 15.4. The van der Waals surface area contributed by atoms with Gasteiger partial charge < -0.3 is 19.3 Å². The van der Waals surface area contributed by atoms with E-state index in [0.717, 1.165) is 42.4 Å². The van der Waals surface area contributed by atoms with Crippen LogP contribution in [0.5, 0.6) is 11.5 Å². The van der Waals surface area contributed by atoms with E-state index in [9.17, 15) is 14.4 Å². The van der Waals surface area contributed by atoms with Crippen LogP contribution in [0.15, 0.2) is 127 Å². The Balaban J connectivity index is 1.15. The molecule has 1 fully saturated rings. The summed E-state index contributed by atoms with van der Waals surface area (Å²) in [7, 11) is 0. The molecule has 8 nitrogen and oxygen atoms in total. The summed E-state index contributed by atoms with van der Waals surface area (Å²) in [6, 6.07) is 39.3. The predicted octanol–water partition coefficient (Wildman–Crippen LogP) is 9.44. The third-order valence-corrected chi connectivity index (χ3v) is 11.1. The minimum absolute atomic E-state index is 0.0545. The van der Waals surface area contributed by atoms with Crippen LogP contribution in [0, 0.1) is 5.82 Å². The van der Waals surface area contributed by atoms with E-state index < -0.39 is 23.3 Å². The minimum atomic E-state index is -1.23. The molecular formula is C48H50FN3O5. The Hall–Kier alpha value is -5.80. The molecule has 2 aliphatic rings. The molecule has 5 aromatic carbocycles. The lowest BCUT2D eigenvalue weighted by molar-refractivity contribution is -0.132. The van der Waals surface area contributed by atoms with Gasteiger partial charge in [-0.15, -0.1) is 0 Å². The van der Waals surface area contributed by atoms with Crippen molar-refractivity contribution in [3.63, 3.8) is 0 Å². The van der Waals surface area contributed by atoms with Crippen LogP contribution < -0.4 is 14.4 Å². The van der Waals surface area contributed by atoms with Crippen LogP contribution in [-0.2, 0) is 17.9 Å². The molecule has 5 aromatic rings. The van der Waals surface area contributed by atoms with Gasteiger partial charge in [-0.25, -0.2) is 9.18 Å². The van der Waals surface area contributed by atoms with Crippen LogP contribution in [0.1, 0.15) is 89.8 Å². The van der Waals surface area contributed by atoms with E-state index >= 15 is 4.39 Å². The summed E-state index contributed by atoms with van der Waals surface area (Å²) in [5.74, 6) is -1.23. The van der Waals surface area contributed by atoms with E-state index in [1.54, 1.807) is 54.0 Å². The number of anilines is 1. The first kappa shape index (κ1) is 39.4. The summed E-state index contributed by atoms with van der Waals surface area (Å²) >= 11 is 0. The molecule has 1 aliphatic carbocycles. The molecule has 1 aliphatic heterocycles. The molecule has 0 N–H and O–H groups in total. The van der Waals surface area contributed by atoms with Gasteiger partial charge in [-0.2, -0.15) is 0 Å². The molecule has 294 valence electrons. The predicted molar refractivity (Wildman–Crippen MR) is 220 cm³/mol. The van der Waals surface area contributed by atoms with Crippen molar-refractivity contribution in [3.05, 3.63) is 161 Å². The van der Waals surface area contributed by atoms with Gasteiger partial charge in [0.15, 0.2) is 5.60 Å². The minimum Gasteiger partial charge on any atom is -0.476 e. The lowest BCUT2D eigenvalue weighted by Gasteiger charge is -2.41. The number of benzene rings is 5. The second-order valence-corrected chi connectivity index (χ2v) is 15.4. The van der Waals surface area contributed by atoms with E-state index in [1.165, 1.54) is 12.1 Å². The van der Waals surface area contributed by atoms with E-state index in [1.807, 2.05) is 67.6 Å². The first-order valence-electron chi connectivity index (χ1n) is 19.9. The van der Waals surface area contributed by atoms with Crippen LogP contribution in [-0.4, -0.2) is 58.9 Å². The number of fused-ring (bicyclic) bond motifs is 1. The molecule has 0 radical (unpaired) electrons. The topological polar surface area (TPSA) is 79.4 Å². The number of ether oxygens (including phenoxy) is 2. The van der Waals surface area contributed by atoms with Crippen molar-refractivity contribution in [3.8, 4) is 11.5 Å². The molecule has 0 bridgehead atoms. The highest BCUT2D eigenvalue weighted by Crippen LogP contribution is 2.42. The van der Waals surface area contributed by atoms with Crippen molar-refractivity contribution in [2.75, 3.05) is 24.5 Å². The first-order chi connectivity index (χ1) is 27.6. The number of nitrogens with zero attached hydrogens (tertiary/aromatic N) is 3. The zero-order valence-electron chi connectivity index (χ0n) is 32.9. The average Bonchev–Trinajstić information content (AvgIpc) is 3.22. The van der Waals surface area contributed by atoms with Gasteiger partial charge in [0.25, 0.3) is 11.8 Å². The van der Waals surface area contributed by atoms with Crippen LogP contribution >= 0.6 is 0 Å². The number of carbonyl (C=O) groups is 3. The van der Waals surface area contributed by atoms with Crippen LogP contribution in [0.25, 0.3) is 0 Å². The molecule has 0 saturated heterocycles. The lowest BCUT2D eigenvalue weighted by atomic mass is 9.79. The number of rotatable bonds is 13.